The summed E-state index contributed by atoms with van der Waals surface area (Å²) in [5.41, 5.74) is 2.06. The minimum absolute atomic E-state index is 0.0351. The first-order valence-electron chi connectivity index (χ1n) is 5.37. The molecule has 2 rings (SSSR count). The summed E-state index contributed by atoms with van der Waals surface area (Å²) in [5, 5.41) is 20.4. The van der Waals surface area contributed by atoms with E-state index in [0.29, 0.717) is 23.3 Å². The molecule has 5 heteroatoms. The Bertz CT molecular complexity index is 507. The number of non-ortho nitro benzene ring substituents is 1. The van der Waals surface area contributed by atoms with Gasteiger partial charge in [0, 0.05) is 17.7 Å². The Morgan fingerprint density at radius 3 is 2.82 bits per heavy atom. The highest BCUT2D eigenvalue weighted by atomic mass is 16.6. The lowest BCUT2D eigenvalue weighted by molar-refractivity contribution is -0.385. The molecule has 1 aliphatic rings. The topological polar surface area (TPSA) is 72.6 Å². The van der Waals surface area contributed by atoms with Gasteiger partial charge in [-0.25, -0.2) is 0 Å². The van der Waals surface area contributed by atoms with Crippen molar-refractivity contribution < 1.29 is 14.8 Å². The van der Waals surface area contributed by atoms with Gasteiger partial charge < -0.3 is 9.84 Å². The first-order chi connectivity index (χ1) is 8.02. The summed E-state index contributed by atoms with van der Waals surface area (Å²) in [4.78, 5) is 10.3. The van der Waals surface area contributed by atoms with Gasteiger partial charge in [0.05, 0.1) is 4.92 Å². The molecule has 90 valence electrons. The average molecular weight is 235 g/mol. The predicted octanol–water partition coefficient (Wildman–Crippen LogP) is 2.41. The van der Waals surface area contributed by atoms with Gasteiger partial charge in [-0.1, -0.05) is 6.92 Å². The molecule has 0 bridgehead atoms. The molecule has 0 spiro atoms. The van der Waals surface area contributed by atoms with Crippen molar-refractivity contribution in [1.29, 1.82) is 0 Å². The lowest BCUT2D eigenvalue weighted by Gasteiger charge is -2.23. The molecular formula is C12H13NO4. The van der Waals surface area contributed by atoms with Gasteiger partial charge in [0.15, 0.2) is 0 Å². The first-order valence-corrected chi connectivity index (χ1v) is 5.37. The number of nitro benzene ring substituents is 1. The average Bonchev–Trinajstić information content (AvgIpc) is 2.29. The van der Waals surface area contributed by atoms with Crippen LogP contribution in [-0.2, 0) is 0 Å². The van der Waals surface area contributed by atoms with E-state index < -0.39 is 11.2 Å². The number of ether oxygens (including phenoxy) is 1. The molecule has 5 nitrogen and oxygen atoms in total. The van der Waals surface area contributed by atoms with Crippen LogP contribution >= 0.6 is 0 Å². The molecule has 1 heterocycles. The van der Waals surface area contributed by atoms with E-state index in [1.165, 1.54) is 12.1 Å². The summed E-state index contributed by atoms with van der Waals surface area (Å²) in [6.45, 7) is 3.62. The summed E-state index contributed by atoms with van der Waals surface area (Å²) >= 11 is 0. The third-order valence-corrected chi connectivity index (χ3v) is 2.79. The van der Waals surface area contributed by atoms with Crippen molar-refractivity contribution in [3.05, 3.63) is 38.9 Å². The Morgan fingerprint density at radius 2 is 2.24 bits per heavy atom. The van der Waals surface area contributed by atoms with Crippen LogP contribution in [0.25, 0.3) is 6.08 Å². The van der Waals surface area contributed by atoms with E-state index in [4.69, 9.17) is 4.74 Å². The molecule has 1 aromatic rings. The van der Waals surface area contributed by atoms with Crippen LogP contribution in [0, 0.1) is 17.0 Å². The Kier molecular flexibility index (Phi) is 2.85. The van der Waals surface area contributed by atoms with Crippen LogP contribution < -0.4 is 4.74 Å². The summed E-state index contributed by atoms with van der Waals surface area (Å²) in [6.07, 6.45) is 1.44. The maximum absolute atomic E-state index is 10.7. The molecule has 0 unspecified atom stereocenters. The monoisotopic (exact) mass is 235 g/mol. The van der Waals surface area contributed by atoms with Crippen LogP contribution in [-0.4, -0.2) is 16.3 Å². The van der Waals surface area contributed by atoms with Gasteiger partial charge in [0.2, 0.25) is 6.29 Å². The van der Waals surface area contributed by atoms with Gasteiger partial charge in [-0.15, -0.1) is 0 Å². The smallest absolute Gasteiger partial charge is 0.270 e. The van der Waals surface area contributed by atoms with Gasteiger partial charge in [-0.2, -0.15) is 0 Å². The zero-order valence-electron chi connectivity index (χ0n) is 9.64. The highest BCUT2D eigenvalue weighted by Crippen LogP contribution is 2.35. The maximum Gasteiger partial charge on any atom is 0.270 e. The molecule has 1 N–H and O–H groups in total. The fourth-order valence-electron chi connectivity index (χ4n) is 1.89. The molecule has 0 saturated heterocycles. The first kappa shape index (κ1) is 11.6. The molecule has 0 aliphatic carbocycles. The van der Waals surface area contributed by atoms with Crippen LogP contribution in [0.15, 0.2) is 17.7 Å². The minimum atomic E-state index is -0.951. The standard InChI is InChI=1S/C12H13NO4/c1-3-8-5-9-6-10(13(15)16)4-7(2)11(9)17-12(8)14/h4-6,12,14H,3H2,1-2H3/t12-/m1/s1. The number of nitrogens with zero attached hydrogens (tertiary/aromatic N) is 1. The third-order valence-electron chi connectivity index (χ3n) is 2.79. The molecular weight excluding hydrogens is 222 g/mol. The number of hydrogen-bond acceptors (Lipinski definition) is 4. The number of fused-ring (bicyclic) bond motifs is 1. The number of aryl methyl sites for hydroxylation is 1. The van der Waals surface area contributed by atoms with Crippen molar-refractivity contribution in [2.24, 2.45) is 0 Å². The molecule has 1 atom stereocenters. The van der Waals surface area contributed by atoms with E-state index in [1.807, 2.05) is 6.92 Å². The van der Waals surface area contributed by atoms with Gasteiger partial charge in [-0.3, -0.25) is 10.1 Å². The quantitative estimate of drug-likeness (QED) is 0.631. The van der Waals surface area contributed by atoms with E-state index in [1.54, 1.807) is 13.0 Å². The second-order valence-electron chi connectivity index (χ2n) is 3.98. The molecule has 0 aromatic heterocycles. The Morgan fingerprint density at radius 1 is 1.53 bits per heavy atom. The second-order valence-corrected chi connectivity index (χ2v) is 3.98. The van der Waals surface area contributed by atoms with Gasteiger partial charge in [0.25, 0.3) is 5.69 Å². The van der Waals surface area contributed by atoms with E-state index in [2.05, 4.69) is 0 Å². The van der Waals surface area contributed by atoms with Crippen LogP contribution in [0.3, 0.4) is 0 Å². The molecule has 0 radical (unpaired) electrons. The van der Waals surface area contributed by atoms with Crippen molar-refractivity contribution in [3.63, 3.8) is 0 Å². The number of aliphatic hydroxyl groups excluding tert-OH is 1. The third kappa shape index (κ3) is 2.01. The van der Waals surface area contributed by atoms with E-state index in [0.717, 1.165) is 5.57 Å². The van der Waals surface area contributed by atoms with Crippen LogP contribution in [0.4, 0.5) is 5.69 Å². The van der Waals surface area contributed by atoms with Crippen molar-refractivity contribution >= 4 is 11.8 Å². The van der Waals surface area contributed by atoms with Gasteiger partial charge in [0.1, 0.15) is 5.75 Å². The maximum atomic E-state index is 10.7. The van der Waals surface area contributed by atoms with Crippen molar-refractivity contribution in [3.8, 4) is 5.75 Å². The summed E-state index contributed by atoms with van der Waals surface area (Å²) in [7, 11) is 0. The normalized spacial score (nSPS) is 18.1. The van der Waals surface area contributed by atoms with Crippen molar-refractivity contribution in [2.45, 2.75) is 26.6 Å². The number of benzene rings is 1. The van der Waals surface area contributed by atoms with E-state index in [9.17, 15) is 15.2 Å². The Labute approximate surface area is 98.5 Å². The van der Waals surface area contributed by atoms with Crippen LogP contribution in [0.5, 0.6) is 5.75 Å². The SMILES string of the molecule is CCC1=Cc2cc([N+](=O)[O-])cc(C)c2O[C@H]1O. The number of rotatable bonds is 2. The van der Waals surface area contributed by atoms with Crippen molar-refractivity contribution in [2.75, 3.05) is 0 Å². The summed E-state index contributed by atoms with van der Waals surface area (Å²) < 4.78 is 5.37. The number of hydrogen-bond donors (Lipinski definition) is 1. The Hall–Kier alpha value is -1.88. The van der Waals surface area contributed by atoms with Crippen LogP contribution in [0.1, 0.15) is 24.5 Å². The second kappa shape index (κ2) is 4.18. The van der Waals surface area contributed by atoms with Crippen LogP contribution in [0.2, 0.25) is 0 Å². The fourth-order valence-corrected chi connectivity index (χ4v) is 1.89. The molecule has 0 saturated carbocycles. The number of aliphatic hydroxyl groups is 1. The molecule has 1 aromatic carbocycles. The highest BCUT2D eigenvalue weighted by Gasteiger charge is 2.23. The summed E-state index contributed by atoms with van der Waals surface area (Å²) in [6, 6.07) is 2.90. The fraction of sp³-hybridized carbons (Fsp3) is 0.333. The van der Waals surface area contributed by atoms with E-state index >= 15 is 0 Å². The number of nitro groups is 1. The van der Waals surface area contributed by atoms with E-state index in [-0.39, 0.29) is 5.69 Å². The lowest BCUT2D eigenvalue weighted by Crippen LogP contribution is -2.22. The molecule has 17 heavy (non-hydrogen) atoms. The van der Waals surface area contributed by atoms with Crippen molar-refractivity contribution in [1.82, 2.24) is 0 Å². The largest absolute Gasteiger partial charge is 0.460 e. The Balaban J connectivity index is 2.57. The zero-order valence-corrected chi connectivity index (χ0v) is 9.64. The molecule has 0 fully saturated rings. The highest BCUT2D eigenvalue weighted by molar-refractivity contribution is 5.67. The van der Waals surface area contributed by atoms with Gasteiger partial charge >= 0.3 is 0 Å². The minimum Gasteiger partial charge on any atom is -0.460 e. The lowest BCUT2D eigenvalue weighted by atomic mass is 10.0. The van der Waals surface area contributed by atoms with Gasteiger partial charge in [-0.05, 0) is 30.6 Å². The summed E-state index contributed by atoms with van der Waals surface area (Å²) in [5.74, 6) is 0.514. The zero-order chi connectivity index (χ0) is 12.6. The molecule has 0 amide bonds. The molecule has 1 aliphatic heterocycles. The predicted molar refractivity (Wildman–Crippen MR) is 62.7 cm³/mol.